The molecule has 4 nitrogen and oxygen atoms in total. The van der Waals surface area contributed by atoms with Gasteiger partial charge in [-0.1, -0.05) is 6.07 Å². The number of rotatable bonds is 4. The fourth-order valence-electron chi connectivity index (χ4n) is 0.978. The van der Waals surface area contributed by atoms with Crippen molar-refractivity contribution < 1.29 is 18.7 Å². The first-order valence-electron chi connectivity index (χ1n) is 4.26. The summed E-state index contributed by atoms with van der Waals surface area (Å²) in [5.74, 6) is -1.68. The van der Waals surface area contributed by atoms with Crippen LogP contribution in [0.3, 0.4) is 0 Å². The van der Waals surface area contributed by atoms with E-state index in [-0.39, 0.29) is 11.3 Å². The van der Waals surface area contributed by atoms with Crippen molar-refractivity contribution in [3.63, 3.8) is 0 Å². The molecule has 0 radical (unpaired) electrons. The molecule has 0 fully saturated rings. The van der Waals surface area contributed by atoms with E-state index in [0.717, 1.165) is 6.07 Å². The lowest BCUT2D eigenvalue weighted by Crippen LogP contribution is -2.31. The zero-order valence-electron chi connectivity index (χ0n) is 8.07. The maximum absolute atomic E-state index is 13.2. The molecular formula is C10H10FNO3. The molecule has 0 bridgehead atoms. The van der Waals surface area contributed by atoms with Crippen molar-refractivity contribution in [2.24, 2.45) is 5.73 Å². The average molecular weight is 211 g/mol. The van der Waals surface area contributed by atoms with Crippen molar-refractivity contribution in [2.45, 2.75) is 13.0 Å². The summed E-state index contributed by atoms with van der Waals surface area (Å²) in [5.41, 5.74) is 5.00. The molecule has 0 aliphatic carbocycles. The molecule has 80 valence electrons. The smallest absolute Gasteiger partial charge is 0.258 e. The second kappa shape index (κ2) is 4.54. The predicted molar refractivity (Wildman–Crippen MR) is 51.1 cm³/mol. The van der Waals surface area contributed by atoms with Gasteiger partial charge in [-0.05, 0) is 19.1 Å². The number of amides is 1. The molecule has 1 rings (SSSR count). The van der Waals surface area contributed by atoms with Crippen LogP contribution in [0.4, 0.5) is 4.39 Å². The van der Waals surface area contributed by atoms with Crippen LogP contribution in [-0.2, 0) is 4.79 Å². The summed E-state index contributed by atoms with van der Waals surface area (Å²) < 4.78 is 18.2. The Morgan fingerprint density at radius 3 is 2.80 bits per heavy atom. The van der Waals surface area contributed by atoms with Gasteiger partial charge in [-0.25, -0.2) is 4.39 Å². The molecule has 1 aromatic rings. The first kappa shape index (κ1) is 11.2. The minimum atomic E-state index is -0.986. The van der Waals surface area contributed by atoms with Crippen molar-refractivity contribution in [3.05, 3.63) is 29.6 Å². The van der Waals surface area contributed by atoms with Crippen LogP contribution < -0.4 is 10.5 Å². The summed E-state index contributed by atoms with van der Waals surface area (Å²) in [6.45, 7) is 1.38. The van der Waals surface area contributed by atoms with E-state index in [1.807, 2.05) is 0 Å². The summed E-state index contributed by atoms with van der Waals surface area (Å²) >= 11 is 0. The highest BCUT2D eigenvalue weighted by Gasteiger charge is 2.16. The number of carbonyl (C=O) groups is 2. The Kier molecular flexibility index (Phi) is 3.38. The summed E-state index contributed by atoms with van der Waals surface area (Å²) in [6.07, 6.45) is -0.535. The van der Waals surface area contributed by atoms with Crippen LogP contribution in [0.2, 0.25) is 0 Å². The molecule has 1 aromatic carbocycles. The van der Waals surface area contributed by atoms with E-state index in [1.165, 1.54) is 19.1 Å². The second-order valence-electron chi connectivity index (χ2n) is 2.94. The van der Waals surface area contributed by atoms with Gasteiger partial charge in [0.25, 0.3) is 5.91 Å². The molecule has 1 unspecified atom stereocenters. The van der Waals surface area contributed by atoms with Crippen LogP contribution in [-0.4, -0.2) is 18.3 Å². The first-order chi connectivity index (χ1) is 7.06. The molecule has 0 spiro atoms. The molecule has 0 aliphatic heterocycles. The Labute approximate surface area is 85.8 Å². The van der Waals surface area contributed by atoms with Crippen LogP contribution in [0.1, 0.15) is 17.3 Å². The van der Waals surface area contributed by atoms with Crippen molar-refractivity contribution >= 4 is 12.2 Å². The fraction of sp³-hybridized carbons (Fsp3) is 0.200. The molecule has 0 heterocycles. The van der Waals surface area contributed by atoms with Gasteiger partial charge in [-0.2, -0.15) is 0 Å². The van der Waals surface area contributed by atoms with Crippen molar-refractivity contribution in [2.75, 3.05) is 0 Å². The predicted octanol–water partition coefficient (Wildman–Crippen LogP) is 0.891. The van der Waals surface area contributed by atoms with Crippen LogP contribution in [0.5, 0.6) is 5.75 Å². The Balaban J connectivity index is 3.02. The van der Waals surface area contributed by atoms with Crippen LogP contribution in [0, 0.1) is 5.82 Å². The standard InChI is InChI=1S/C10H10FNO3/c1-6(10(12)14)15-9-7(5-13)3-2-4-8(9)11/h2-6H,1H3,(H2,12,14). The van der Waals surface area contributed by atoms with Crippen LogP contribution >= 0.6 is 0 Å². The van der Waals surface area contributed by atoms with Gasteiger partial charge in [0.15, 0.2) is 24.0 Å². The van der Waals surface area contributed by atoms with Crippen LogP contribution in [0.25, 0.3) is 0 Å². The lowest BCUT2D eigenvalue weighted by molar-refractivity contribution is -0.124. The number of primary amides is 1. The molecular weight excluding hydrogens is 201 g/mol. The fourth-order valence-corrected chi connectivity index (χ4v) is 0.978. The summed E-state index contributed by atoms with van der Waals surface area (Å²) in [4.78, 5) is 21.3. The van der Waals surface area contributed by atoms with E-state index in [1.54, 1.807) is 0 Å². The number of benzene rings is 1. The minimum absolute atomic E-state index is 0.0445. The number of aldehydes is 1. The maximum atomic E-state index is 13.2. The number of ether oxygens (including phenoxy) is 1. The minimum Gasteiger partial charge on any atom is -0.477 e. The third kappa shape index (κ3) is 2.52. The highest BCUT2D eigenvalue weighted by atomic mass is 19.1. The highest BCUT2D eigenvalue weighted by molar-refractivity contribution is 5.81. The van der Waals surface area contributed by atoms with Crippen LogP contribution in [0.15, 0.2) is 18.2 Å². The van der Waals surface area contributed by atoms with E-state index in [2.05, 4.69) is 0 Å². The van der Waals surface area contributed by atoms with Crippen molar-refractivity contribution in [1.29, 1.82) is 0 Å². The molecule has 15 heavy (non-hydrogen) atoms. The molecule has 0 aliphatic rings. The van der Waals surface area contributed by atoms with Gasteiger partial charge in [-0.15, -0.1) is 0 Å². The third-order valence-electron chi connectivity index (χ3n) is 1.82. The number of halogens is 1. The first-order valence-corrected chi connectivity index (χ1v) is 4.26. The summed E-state index contributed by atoms with van der Waals surface area (Å²) in [7, 11) is 0. The monoisotopic (exact) mass is 211 g/mol. The van der Waals surface area contributed by atoms with E-state index in [0.29, 0.717) is 6.29 Å². The molecule has 0 aromatic heterocycles. The van der Waals surface area contributed by atoms with Gasteiger partial charge in [0.2, 0.25) is 0 Å². The molecule has 2 N–H and O–H groups in total. The number of para-hydroxylation sites is 1. The zero-order chi connectivity index (χ0) is 11.4. The largest absolute Gasteiger partial charge is 0.477 e. The Morgan fingerprint density at radius 1 is 1.60 bits per heavy atom. The number of hydrogen-bond acceptors (Lipinski definition) is 3. The van der Waals surface area contributed by atoms with E-state index >= 15 is 0 Å². The Bertz CT molecular complexity index is 392. The van der Waals surface area contributed by atoms with E-state index < -0.39 is 17.8 Å². The van der Waals surface area contributed by atoms with Gasteiger partial charge >= 0.3 is 0 Å². The van der Waals surface area contributed by atoms with Crippen molar-refractivity contribution in [3.8, 4) is 5.75 Å². The van der Waals surface area contributed by atoms with Gasteiger partial charge in [-0.3, -0.25) is 9.59 Å². The molecule has 0 saturated heterocycles. The van der Waals surface area contributed by atoms with E-state index in [9.17, 15) is 14.0 Å². The topological polar surface area (TPSA) is 69.4 Å². The SMILES string of the molecule is CC(Oc1c(F)cccc1C=O)C(N)=O. The van der Waals surface area contributed by atoms with Gasteiger partial charge in [0.1, 0.15) is 0 Å². The number of nitrogens with two attached hydrogens (primary N) is 1. The lowest BCUT2D eigenvalue weighted by Gasteiger charge is -2.13. The molecule has 0 saturated carbocycles. The van der Waals surface area contributed by atoms with Crippen molar-refractivity contribution in [1.82, 2.24) is 0 Å². The lowest BCUT2D eigenvalue weighted by atomic mass is 10.2. The van der Waals surface area contributed by atoms with Gasteiger partial charge in [0.05, 0.1) is 5.56 Å². The number of hydrogen-bond donors (Lipinski definition) is 1. The Morgan fingerprint density at radius 2 is 2.27 bits per heavy atom. The summed E-state index contributed by atoms with van der Waals surface area (Å²) in [5, 5.41) is 0. The maximum Gasteiger partial charge on any atom is 0.258 e. The molecule has 1 amide bonds. The molecule has 5 heteroatoms. The summed E-state index contributed by atoms with van der Waals surface area (Å²) in [6, 6.07) is 3.90. The quantitative estimate of drug-likeness (QED) is 0.752. The van der Waals surface area contributed by atoms with E-state index in [4.69, 9.17) is 10.5 Å². The highest BCUT2D eigenvalue weighted by Crippen LogP contribution is 2.22. The molecule has 1 atom stereocenters. The zero-order valence-corrected chi connectivity index (χ0v) is 8.07. The third-order valence-corrected chi connectivity index (χ3v) is 1.82. The average Bonchev–Trinajstić information content (AvgIpc) is 2.20. The Hall–Kier alpha value is -1.91. The van der Waals surface area contributed by atoms with Gasteiger partial charge in [0, 0.05) is 0 Å². The number of carbonyl (C=O) groups excluding carboxylic acids is 2. The second-order valence-corrected chi connectivity index (χ2v) is 2.94. The van der Waals surface area contributed by atoms with Gasteiger partial charge < -0.3 is 10.5 Å². The normalized spacial score (nSPS) is 11.9.